The van der Waals surface area contributed by atoms with E-state index in [0.717, 1.165) is 5.69 Å². The quantitative estimate of drug-likeness (QED) is 0.840. The topological polar surface area (TPSA) is 58.2 Å². The van der Waals surface area contributed by atoms with Gasteiger partial charge in [0.2, 0.25) is 0 Å². The van der Waals surface area contributed by atoms with Crippen LogP contribution in [0, 0.1) is 5.41 Å². The number of benzene rings is 1. The first kappa shape index (κ1) is 14.3. The van der Waals surface area contributed by atoms with E-state index in [1.165, 1.54) is 0 Å². The van der Waals surface area contributed by atoms with E-state index in [-0.39, 0.29) is 11.5 Å². The Kier molecular flexibility index (Phi) is 3.66. The van der Waals surface area contributed by atoms with Crippen LogP contribution in [0.3, 0.4) is 0 Å². The van der Waals surface area contributed by atoms with Crippen LogP contribution in [-0.2, 0) is 0 Å². The number of para-hydroxylation sites is 1. The SMILES string of the molecule is CC(Nc1c(Nc2ccccc2)c(=O)c1=O)C(C)(C)C. The van der Waals surface area contributed by atoms with Crippen molar-refractivity contribution in [3.8, 4) is 0 Å². The van der Waals surface area contributed by atoms with Crippen molar-refractivity contribution in [3.05, 3.63) is 50.8 Å². The van der Waals surface area contributed by atoms with Crippen LogP contribution in [0.4, 0.5) is 17.1 Å². The third kappa shape index (κ3) is 2.74. The fourth-order valence-electron chi connectivity index (χ4n) is 1.75. The molecule has 0 bridgehead atoms. The maximum atomic E-state index is 11.7. The summed E-state index contributed by atoms with van der Waals surface area (Å²) in [4.78, 5) is 23.4. The van der Waals surface area contributed by atoms with Crippen molar-refractivity contribution in [1.82, 2.24) is 0 Å². The average molecular weight is 272 g/mol. The van der Waals surface area contributed by atoms with Gasteiger partial charge in [-0.15, -0.1) is 0 Å². The fourth-order valence-corrected chi connectivity index (χ4v) is 1.75. The van der Waals surface area contributed by atoms with E-state index in [9.17, 15) is 9.59 Å². The number of hydrogen-bond acceptors (Lipinski definition) is 4. The van der Waals surface area contributed by atoms with E-state index in [4.69, 9.17) is 0 Å². The molecule has 0 saturated heterocycles. The molecule has 0 heterocycles. The molecule has 0 saturated carbocycles. The van der Waals surface area contributed by atoms with E-state index in [0.29, 0.717) is 11.4 Å². The van der Waals surface area contributed by atoms with Crippen molar-refractivity contribution < 1.29 is 0 Å². The zero-order valence-electron chi connectivity index (χ0n) is 12.3. The Morgan fingerprint density at radius 1 is 0.950 bits per heavy atom. The maximum Gasteiger partial charge on any atom is 0.253 e. The molecule has 1 unspecified atom stereocenters. The molecule has 106 valence electrons. The summed E-state index contributed by atoms with van der Waals surface area (Å²) in [5.41, 5.74) is 0.644. The molecular weight excluding hydrogens is 252 g/mol. The maximum absolute atomic E-state index is 11.7. The summed E-state index contributed by atoms with van der Waals surface area (Å²) in [5, 5.41) is 6.17. The van der Waals surface area contributed by atoms with Gasteiger partial charge in [-0.1, -0.05) is 39.0 Å². The summed E-state index contributed by atoms with van der Waals surface area (Å²) >= 11 is 0. The Labute approximate surface area is 118 Å². The minimum absolute atomic E-state index is 0.00374. The number of rotatable bonds is 4. The molecule has 1 atom stereocenters. The molecule has 2 rings (SSSR count). The highest BCUT2D eigenvalue weighted by Crippen LogP contribution is 2.26. The van der Waals surface area contributed by atoms with Gasteiger partial charge in [0.15, 0.2) is 0 Å². The lowest BCUT2D eigenvalue weighted by atomic mass is 9.87. The molecule has 4 nitrogen and oxygen atoms in total. The van der Waals surface area contributed by atoms with Gasteiger partial charge >= 0.3 is 0 Å². The van der Waals surface area contributed by atoms with Crippen LogP contribution in [0.25, 0.3) is 0 Å². The van der Waals surface area contributed by atoms with Gasteiger partial charge in [-0.25, -0.2) is 0 Å². The Morgan fingerprint density at radius 2 is 1.50 bits per heavy atom. The van der Waals surface area contributed by atoms with E-state index >= 15 is 0 Å². The first-order valence-corrected chi connectivity index (χ1v) is 6.72. The largest absolute Gasteiger partial charge is 0.377 e. The van der Waals surface area contributed by atoms with E-state index in [1.807, 2.05) is 37.3 Å². The molecule has 2 aromatic carbocycles. The normalized spacial score (nSPS) is 13.2. The monoisotopic (exact) mass is 272 g/mol. The van der Waals surface area contributed by atoms with E-state index < -0.39 is 10.9 Å². The van der Waals surface area contributed by atoms with Gasteiger partial charge in [-0.2, -0.15) is 0 Å². The van der Waals surface area contributed by atoms with Gasteiger partial charge in [-0.3, -0.25) is 9.59 Å². The molecule has 0 spiro atoms. The number of nitrogens with one attached hydrogen (secondary N) is 2. The lowest BCUT2D eigenvalue weighted by molar-refractivity contribution is 0.359. The van der Waals surface area contributed by atoms with Gasteiger partial charge in [-0.05, 0) is 24.5 Å². The van der Waals surface area contributed by atoms with Crippen LogP contribution in [0.5, 0.6) is 0 Å². The van der Waals surface area contributed by atoms with Crippen molar-refractivity contribution in [2.75, 3.05) is 10.6 Å². The fraction of sp³-hybridized carbons (Fsp3) is 0.375. The second-order valence-electron chi connectivity index (χ2n) is 6.13. The molecule has 0 aliphatic heterocycles. The van der Waals surface area contributed by atoms with Crippen molar-refractivity contribution in [2.45, 2.75) is 33.7 Å². The predicted octanol–water partition coefficient (Wildman–Crippen LogP) is 2.87. The molecule has 0 radical (unpaired) electrons. The van der Waals surface area contributed by atoms with Crippen molar-refractivity contribution >= 4 is 17.1 Å². The Bertz CT molecular complexity index is 662. The van der Waals surface area contributed by atoms with Crippen LogP contribution >= 0.6 is 0 Å². The molecule has 0 aromatic heterocycles. The first-order chi connectivity index (χ1) is 9.30. The Morgan fingerprint density at radius 3 is 2.05 bits per heavy atom. The zero-order chi connectivity index (χ0) is 14.9. The Hall–Kier alpha value is -2.10. The molecule has 0 fully saturated rings. The summed E-state index contributed by atoms with van der Waals surface area (Å²) in [6.07, 6.45) is 0. The molecule has 0 aliphatic carbocycles. The predicted molar refractivity (Wildman–Crippen MR) is 83.6 cm³/mol. The summed E-state index contributed by atoms with van der Waals surface area (Å²) in [5.74, 6) is 0. The van der Waals surface area contributed by atoms with Crippen LogP contribution in [0.1, 0.15) is 27.7 Å². The van der Waals surface area contributed by atoms with Gasteiger partial charge in [0.1, 0.15) is 11.4 Å². The second-order valence-corrected chi connectivity index (χ2v) is 6.13. The minimum Gasteiger partial charge on any atom is -0.377 e. The Balaban J connectivity index is 2.22. The highest BCUT2D eigenvalue weighted by atomic mass is 16.2. The van der Waals surface area contributed by atoms with Gasteiger partial charge < -0.3 is 10.6 Å². The second kappa shape index (κ2) is 5.12. The van der Waals surface area contributed by atoms with Crippen LogP contribution in [-0.4, -0.2) is 6.04 Å². The van der Waals surface area contributed by atoms with Crippen LogP contribution in [0.2, 0.25) is 0 Å². The third-order valence-corrected chi connectivity index (χ3v) is 3.61. The standard InChI is InChI=1S/C16H20N2O2/c1-10(16(2,3)4)17-12-13(15(20)14(12)19)18-11-8-6-5-7-9-11/h5-10,17-18H,1-4H3. The van der Waals surface area contributed by atoms with Crippen LogP contribution < -0.4 is 21.5 Å². The van der Waals surface area contributed by atoms with Gasteiger partial charge in [0.25, 0.3) is 10.9 Å². The first-order valence-electron chi connectivity index (χ1n) is 6.72. The summed E-state index contributed by atoms with van der Waals surface area (Å²) in [6, 6.07) is 9.44. The van der Waals surface area contributed by atoms with E-state index in [2.05, 4.69) is 31.4 Å². The molecule has 2 aromatic rings. The third-order valence-electron chi connectivity index (χ3n) is 3.61. The minimum atomic E-state index is -0.461. The molecule has 0 aliphatic rings. The van der Waals surface area contributed by atoms with Crippen molar-refractivity contribution in [1.29, 1.82) is 0 Å². The highest BCUT2D eigenvalue weighted by Gasteiger charge is 2.26. The zero-order valence-corrected chi connectivity index (χ0v) is 12.3. The summed E-state index contributed by atoms with van der Waals surface area (Å²) in [6.45, 7) is 8.25. The lowest BCUT2D eigenvalue weighted by Gasteiger charge is -2.30. The summed E-state index contributed by atoms with van der Waals surface area (Å²) in [7, 11) is 0. The smallest absolute Gasteiger partial charge is 0.253 e. The average Bonchev–Trinajstić information content (AvgIpc) is 2.42. The molecule has 2 N–H and O–H groups in total. The van der Waals surface area contributed by atoms with Crippen LogP contribution in [0.15, 0.2) is 39.9 Å². The molecule has 4 heteroatoms. The lowest BCUT2D eigenvalue weighted by Crippen LogP contribution is -2.41. The van der Waals surface area contributed by atoms with Gasteiger partial charge in [0, 0.05) is 11.7 Å². The number of anilines is 3. The van der Waals surface area contributed by atoms with E-state index in [1.54, 1.807) is 0 Å². The molecule has 20 heavy (non-hydrogen) atoms. The molecule has 0 amide bonds. The van der Waals surface area contributed by atoms with Crippen molar-refractivity contribution in [2.24, 2.45) is 5.41 Å². The van der Waals surface area contributed by atoms with Gasteiger partial charge in [0.05, 0.1) is 0 Å². The number of hydrogen-bond donors (Lipinski definition) is 2. The summed E-state index contributed by atoms with van der Waals surface area (Å²) < 4.78 is 0. The van der Waals surface area contributed by atoms with Crippen molar-refractivity contribution in [3.63, 3.8) is 0 Å². The highest BCUT2D eigenvalue weighted by molar-refractivity contribution is 5.78. The molecular formula is C16H20N2O2.